The molecule has 0 aliphatic rings. The molecule has 0 aliphatic carbocycles. The third-order valence-corrected chi connectivity index (χ3v) is 3.42. The van der Waals surface area contributed by atoms with Crippen LogP contribution in [0, 0.1) is 5.92 Å². The molecule has 0 heterocycles. The minimum Gasteiger partial charge on any atom is -0.385 e. The Balaban J connectivity index is 2.15. The summed E-state index contributed by atoms with van der Waals surface area (Å²) in [5.41, 5.74) is 5.06. The molecule has 0 spiro atoms. The second-order valence-electron chi connectivity index (χ2n) is 5.84. The average molecular weight is 282 g/mol. The summed E-state index contributed by atoms with van der Waals surface area (Å²) in [5, 5.41) is 6.87. The molecule has 112 valence electrons. The van der Waals surface area contributed by atoms with E-state index < -0.39 is 0 Å². The smallest absolute Gasteiger partial charge is 0.0346 e. The SMILES string of the molecule is CCNCc1cccc(-c2cccc(NCC(C)C)c2)c1. The van der Waals surface area contributed by atoms with Crippen LogP contribution in [0.25, 0.3) is 11.1 Å². The topological polar surface area (TPSA) is 24.1 Å². The van der Waals surface area contributed by atoms with E-state index in [-0.39, 0.29) is 0 Å². The molecule has 2 aromatic carbocycles. The number of nitrogens with one attached hydrogen (secondary N) is 2. The highest BCUT2D eigenvalue weighted by atomic mass is 14.9. The van der Waals surface area contributed by atoms with E-state index in [9.17, 15) is 0 Å². The lowest BCUT2D eigenvalue weighted by Gasteiger charge is -2.11. The second-order valence-corrected chi connectivity index (χ2v) is 5.84. The zero-order chi connectivity index (χ0) is 15.1. The number of hydrogen-bond donors (Lipinski definition) is 2. The fraction of sp³-hybridized carbons (Fsp3) is 0.368. The fourth-order valence-corrected chi connectivity index (χ4v) is 2.26. The second kappa shape index (κ2) is 7.84. The summed E-state index contributed by atoms with van der Waals surface area (Å²) in [6.45, 7) is 9.51. The Morgan fingerprint density at radius 2 is 1.67 bits per heavy atom. The molecular formula is C19H26N2. The van der Waals surface area contributed by atoms with Crippen molar-refractivity contribution in [1.82, 2.24) is 5.32 Å². The molecular weight excluding hydrogens is 256 g/mol. The fourth-order valence-electron chi connectivity index (χ4n) is 2.26. The first-order valence-corrected chi connectivity index (χ1v) is 7.83. The van der Waals surface area contributed by atoms with Crippen molar-refractivity contribution in [2.75, 3.05) is 18.4 Å². The molecule has 0 atom stereocenters. The van der Waals surface area contributed by atoms with Gasteiger partial charge in [0.1, 0.15) is 0 Å². The predicted molar refractivity (Wildman–Crippen MR) is 92.6 cm³/mol. The van der Waals surface area contributed by atoms with Crippen LogP contribution in [0.15, 0.2) is 48.5 Å². The Labute approximate surface area is 128 Å². The third kappa shape index (κ3) is 4.91. The highest BCUT2D eigenvalue weighted by Crippen LogP contribution is 2.23. The van der Waals surface area contributed by atoms with Crippen molar-refractivity contribution in [3.8, 4) is 11.1 Å². The van der Waals surface area contributed by atoms with Crippen LogP contribution in [0.2, 0.25) is 0 Å². The molecule has 21 heavy (non-hydrogen) atoms. The first-order chi connectivity index (χ1) is 10.2. The Morgan fingerprint density at radius 1 is 0.952 bits per heavy atom. The van der Waals surface area contributed by atoms with Gasteiger partial charge in [0.05, 0.1) is 0 Å². The summed E-state index contributed by atoms with van der Waals surface area (Å²) in [4.78, 5) is 0. The number of benzene rings is 2. The van der Waals surface area contributed by atoms with Crippen LogP contribution in [0.3, 0.4) is 0 Å². The zero-order valence-corrected chi connectivity index (χ0v) is 13.3. The van der Waals surface area contributed by atoms with E-state index in [4.69, 9.17) is 0 Å². The van der Waals surface area contributed by atoms with Gasteiger partial charge in [0.15, 0.2) is 0 Å². The lowest BCUT2D eigenvalue weighted by molar-refractivity contribution is 0.689. The van der Waals surface area contributed by atoms with Gasteiger partial charge in [0, 0.05) is 18.8 Å². The Morgan fingerprint density at radius 3 is 2.38 bits per heavy atom. The third-order valence-electron chi connectivity index (χ3n) is 3.42. The molecule has 2 rings (SSSR count). The van der Waals surface area contributed by atoms with Gasteiger partial charge in [-0.15, -0.1) is 0 Å². The van der Waals surface area contributed by atoms with Gasteiger partial charge >= 0.3 is 0 Å². The van der Waals surface area contributed by atoms with E-state index in [1.54, 1.807) is 0 Å². The number of hydrogen-bond acceptors (Lipinski definition) is 2. The molecule has 0 aliphatic heterocycles. The van der Waals surface area contributed by atoms with E-state index in [1.807, 2.05) is 0 Å². The lowest BCUT2D eigenvalue weighted by Crippen LogP contribution is -2.11. The molecule has 0 radical (unpaired) electrons. The first kappa shape index (κ1) is 15.6. The van der Waals surface area contributed by atoms with Crippen LogP contribution in [-0.4, -0.2) is 13.1 Å². The van der Waals surface area contributed by atoms with Gasteiger partial charge in [-0.2, -0.15) is 0 Å². The summed E-state index contributed by atoms with van der Waals surface area (Å²) in [7, 11) is 0. The summed E-state index contributed by atoms with van der Waals surface area (Å²) < 4.78 is 0. The van der Waals surface area contributed by atoms with Crippen LogP contribution in [0.4, 0.5) is 5.69 Å². The molecule has 0 fully saturated rings. The molecule has 0 saturated heterocycles. The number of rotatable bonds is 7. The highest BCUT2D eigenvalue weighted by Gasteiger charge is 2.01. The molecule has 0 aromatic heterocycles. The summed E-state index contributed by atoms with van der Waals surface area (Å²) in [5.74, 6) is 0.650. The van der Waals surface area contributed by atoms with Crippen LogP contribution >= 0.6 is 0 Å². The van der Waals surface area contributed by atoms with Crippen LogP contribution in [0.1, 0.15) is 26.3 Å². The van der Waals surface area contributed by atoms with Crippen LogP contribution in [0.5, 0.6) is 0 Å². The Hall–Kier alpha value is -1.80. The van der Waals surface area contributed by atoms with Gasteiger partial charge < -0.3 is 10.6 Å². The number of anilines is 1. The Bertz CT molecular complexity index is 561. The van der Waals surface area contributed by atoms with E-state index >= 15 is 0 Å². The quantitative estimate of drug-likeness (QED) is 0.779. The monoisotopic (exact) mass is 282 g/mol. The van der Waals surface area contributed by atoms with E-state index in [0.29, 0.717) is 5.92 Å². The summed E-state index contributed by atoms with van der Waals surface area (Å²) in [6.07, 6.45) is 0. The molecule has 2 aromatic rings. The van der Waals surface area contributed by atoms with Crippen LogP contribution < -0.4 is 10.6 Å². The van der Waals surface area contributed by atoms with Crippen molar-refractivity contribution in [3.05, 3.63) is 54.1 Å². The molecule has 0 bridgehead atoms. The summed E-state index contributed by atoms with van der Waals surface area (Å²) in [6, 6.07) is 17.4. The minimum atomic E-state index is 0.650. The highest BCUT2D eigenvalue weighted by molar-refractivity contribution is 5.68. The molecule has 0 amide bonds. The van der Waals surface area contributed by atoms with Gasteiger partial charge in [0.2, 0.25) is 0 Å². The summed E-state index contributed by atoms with van der Waals surface area (Å²) >= 11 is 0. The van der Waals surface area contributed by atoms with Crippen molar-refractivity contribution < 1.29 is 0 Å². The first-order valence-electron chi connectivity index (χ1n) is 7.83. The maximum atomic E-state index is 3.49. The van der Waals surface area contributed by atoms with Crippen molar-refractivity contribution in [3.63, 3.8) is 0 Å². The molecule has 0 saturated carbocycles. The maximum Gasteiger partial charge on any atom is 0.0346 e. The van der Waals surface area contributed by atoms with E-state index in [1.165, 1.54) is 22.4 Å². The predicted octanol–water partition coefficient (Wildman–Crippen LogP) is 4.53. The van der Waals surface area contributed by atoms with Crippen molar-refractivity contribution >= 4 is 5.69 Å². The van der Waals surface area contributed by atoms with Gasteiger partial charge in [0.25, 0.3) is 0 Å². The lowest BCUT2D eigenvalue weighted by atomic mass is 10.0. The molecule has 0 unspecified atom stereocenters. The largest absolute Gasteiger partial charge is 0.385 e. The average Bonchev–Trinajstić information content (AvgIpc) is 2.51. The minimum absolute atomic E-state index is 0.650. The van der Waals surface area contributed by atoms with Gasteiger partial charge in [-0.3, -0.25) is 0 Å². The van der Waals surface area contributed by atoms with Gasteiger partial charge in [-0.1, -0.05) is 51.1 Å². The van der Waals surface area contributed by atoms with Crippen molar-refractivity contribution in [2.24, 2.45) is 5.92 Å². The molecule has 2 nitrogen and oxygen atoms in total. The van der Waals surface area contributed by atoms with E-state index in [0.717, 1.165) is 19.6 Å². The molecule has 2 heteroatoms. The standard InChI is InChI=1S/C19H26N2/c1-4-20-14-16-7-5-8-17(11-16)18-9-6-10-19(12-18)21-13-15(2)3/h5-12,15,20-21H,4,13-14H2,1-3H3. The van der Waals surface area contributed by atoms with Gasteiger partial charge in [-0.25, -0.2) is 0 Å². The van der Waals surface area contributed by atoms with Crippen molar-refractivity contribution in [1.29, 1.82) is 0 Å². The maximum absolute atomic E-state index is 3.49. The Kier molecular flexibility index (Phi) is 5.82. The van der Waals surface area contributed by atoms with Crippen LogP contribution in [-0.2, 0) is 6.54 Å². The van der Waals surface area contributed by atoms with Gasteiger partial charge in [-0.05, 0) is 47.4 Å². The van der Waals surface area contributed by atoms with Crippen molar-refractivity contribution in [2.45, 2.75) is 27.3 Å². The zero-order valence-electron chi connectivity index (χ0n) is 13.3. The normalized spacial score (nSPS) is 10.9. The van der Waals surface area contributed by atoms with E-state index in [2.05, 4.69) is 79.9 Å². The molecule has 2 N–H and O–H groups in total.